The number of carbonyl (C=O) groups is 2. The van der Waals surface area contributed by atoms with Crippen LogP contribution in [-0.4, -0.2) is 64.8 Å². The van der Waals surface area contributed by atoms with Crippen LogP contribution in [0.2, 0.25) is 0 Å². The van der Waals surface area contributed by atoms with E-state index in [1.165, 1.54) is 12.1 Å². The van der Waals surface area contributed by atoms with Crippen molar-refractivity contribution in [2.75, 3.05) is 19.6 Å². The molecule has 1 saturated heterocycles. The van der Waals surface area contributed by atoms with Crippen molar-refractivity contribution in [1.29, 1.82) is 0 Å². The Hall–Kier alpha value is -2.48. The largest absolute Gasteiger partial charge is 0.444 e. The molecular formula is C24H35FN4O3. The number of aliphatic imine (C=N–C) groups is 1. The summed E-state index contributed by atoms with van der Waals surface area (Å²) < 4.78 is 19.1. The van der Waals surface area contributed by atoms with E-state index in [1.54, 1.807) is 17.0 Å². The van der Waals surface area contributed by atoms with Crippen LogP contribution in [0.15, 0.2) is 29.3 Å². The van der Waals surface area contributed by atoms with Crippen molar-refractivity contribution in [3.05, 3.63) is 35.6 Å². The maximum atomic E-state index is 13.6. The van der Waals surface area contributed by atoms with Crippen molar-refractivity contribution in [3.63, 3.8) is 0 Å². The van der Waals surface area contributed by atoms with Crippen molar-refractivity contribution in [2.24, 2.45) is 16.6 Å². The summed E-state index contributed by atoms with van der Waals surface area (Å²) >= 11 is 0. The fraction of sp³-hybridized carbons (Fsp3) is 0.625. The summed E-state index contributed by atoms with van der Waals surface area (Å²) in [6, 6.07) is 5.15. The number of hydrogen-bond donors (Lipinski definition) is 1. The zero-order chi connectivity index (χ0) is 23.6. The highest BCUT2D eigenvalue weighted by atomic mass is 19.1. The Kier molecular flexibility index (Phi) is 7.22. The summed E-state index contributed by atoms with van der Waals surface area (Å²) in [5, 5.41) is 0. The normalized spacial score (nSPS) is 23.7. The first-order chi connectivity index (χ1) is 15.0. The molecule has 1 aliphatic heterocycles. The molecule has 2 fully saturated rings. The van der Waals surface area contributed by atoms with Crippen LogP contribution in [0.4, 0.5) is 9.18 Å². The lowest BCUT2D eigenvalue weighted by molar-refractivity contribution is -0.125. The number of nitrogens with zero attached hydrogens (tertiary/aromatic N) is 3. The predicted octanol–water partition coefficient (Wildman–Crippen LogP) is 3.53. The standard InChI is InChI=1S/C24H35FN4O3/c1-15-14-29(23(31)32-24(3,4)5)16(2)13-28(15)21(17-8-10-19(25)11-9-17)20(30)12-27-22(26)18-6-7-18/h8-11,15-16,18,21H,6-7,12-14H2,1-5H3,(H2,26,27)/t15-,16+,21?/m1/s1. The smallest absolute Gasteiger partial charge is 0.410 e. The monoisotopic (exact) mass is 446 g/mol. The lowest BCUT2D eigenvalue weighted by atomic mass is 9.96. The number of amidine groups is 1. The summed E-state index contributed by atoms with van der Waals surface area (Å²) in [7, 11) is 0. The number of hydrogen-bond acceptors (Lipinski definition) is 5. The fourth-order valence-corrected chi connectivity index (χ4v) is 4.06. The SMILES string of the molecule is C[C@@H]1CN(C(=O)OC(C)(C)C)[C@@H](C)CN1C(C(=O)CN=C(N)C1CC1)c1ccc(F)cc1. The molecule has 0 spiro atoms. The number of benzene rings is 1. The van der Waals surface area contributed by atoms with E-state index < -0.39 is 11.6 Å². The first kappa shape index (κ1) is 24.2. The van der Waals surface area contributed by atoms with Crippen molar-refractivity contribution >= 4 is 17.7 Å². The number of amides is 1. The Labute approximate surface area is 189 Å². The van der Waals surface area contributed by atoms with Crippen LogP contribution in [-0.2, 0) is 9.53 Å². The summed E-state index contributed by atoms with van der Waals surface area (Å²) in [5.74, 6) is 0.382. The number of halogens is 1. The first-order valence-electron chi connectivity index (χ1n) is 11.3. The van der Waals surface area contributed by atoms with E-state index in [9.17, 15) is 14.0 Å². The maximum Gasteiger partial charge on any atom is 0.410 e. The van der Waals surface area contributed by atoms with Gasteiger partial charge in [-0.1, -0.05) is 12.1 Å². The molecule has 0 aromatic heterocycles. The molecule has 2 aliphatic rings. The second kappa shape index (κ2) is 9.57. The molecule has 2 N–H and O–H groups in total. The highest BCUT2D eigenvalue weighted by molar-refractivity contribution is 5.91. The molecule has 1 amide bonds. The highest BCUT2D eigenvalue weighted by Gasteiger charge is 2.40. The lowest BCUT2D eigenvalue weighted by Crippen LogP contribution is -2.60. The molecule has 1 saturated carbocycles. The lowest BCUT2D eigenvalue weighted by Gasteiger charge is -2.46. The van der Waals surface area contributed by atoms with Gasteiger partial charge in [-0.15, -0.1) is 0 Å². The fourth-order valence-electron chi connectivity index (χ4n) is 4.06. The molecular weight excluding hydrogens is 411 g/mol. The van der Waals surface area contributed by atoms with Gasteiger partial charge in [0.05, 0.1) is 11.9 Å². The Morgan fingerprint density at radius 1 is 1.16 bits per heavy atom. The van der Waals surface area contributed by atoms with Crippen LogP contribution < -0.4 is 5.73 Å². The second-order valence-electron chi connectivity index (χ2n) is 9.96. The Morgan fingerprint density at radius 3 is 2.34 bits per heavy atom. The zero-order valence-corrected chi connectivity index (χ0v) is 19.7. The maximum absolute atomic E-state index is 13.6. The van der Waals surface area contributed by atoms with Gasteiger partial charge in [0, 0.05) is 31.1 Å². The molecule has 0 bridgehead atoms. The molecule has 1 aromatic rings. The molecule has 3 rings (SSSR count). The molecule has 7 nitrogen and oxygen atoms in total. The van der Waals surface area contributed by atoms with Gasteiger partial charge in [-0.3, -0.25) is 14.7 Å². The van der Waals surface area contributed by atoms with Crippen molar-refractivity contribution in [1.82, 2.24) is 9.80 Å². The first-order valence-corrected chi connectivity index (χ1v) is 11.3. The van der Waals surface area contributed by atoms with Gasteiger partial charge in [-0.2, -0.15) is 0 Å². The van der Waals surface area contributed by atoms with Crippen LogP contribution >= 0.6 is 0 Å². The number of rotatable bonds is 6. The third kappa shape index (κ3) is 6.06. The summed E-state index contributed by atoms with van der Waals surface area (Å²) in [6.45, 7) is 10.3. The Balaban J connectivity index is 1.81. The third-order valence-corrected chi connectivity index (χ3v) is 5.90. The molecule has 0 radical (unpaired) electrons. The number of ether oxygens (including phenoxy) is 1. The molecule has 32 heavy (non-hydrogen) atoms. The Morgan fingerprint density at radius 2 is 1.78 bits per heavy atom. The van der Waals surface area contributed by atoms with Crippen molar-refractivity contribution in [2.45, 2.75) is 71.2 Å². The minimum Gasteiger partial charge on any atom is -0.444 e. The molecule has 1 aliphatic carbocycles. The number of piperazine rings is 1. The van der Waals surface area contributed by atoms with Crippen molar-refractivity contribution < 1.29 is 18.7 Å². The van der Waals surface area contributed by atoms with Gasteiger partial charge in [0.2, 0.25) is 0 Å². The summed E-state index contributed by atoms with van der Waals surface area (Å²) in [6.07, 6.45) is 1.68. The van der Waals surface area contributed by atoms with Gasteiger partial charge in [0.25, 0.3) is 0 Å². The second-order valence-corrected chi connectivity index (χ2v) is 9.96. The highest BCUT2D eigenvalue weighted by Crippen LogP contribution is 2.31. The van der Waals surface area contributed by atoms with Crippen molar-refractivity contribution in [3.8, 4) is 0 Å². The molecule has 1 heterocycles. The molecule has 8 heteroatoms. The quantitative estimate of drug-likeness (QED) is 0.533. The van der Waals surface area contributed by atoms with Crippen LogP contribution in [0, 0.1) is 11.7 Å². The van der Waals surface area contributed by atoms with E-state index in [1.807, 2.05) is 34.6 Å². The number of Topliss-reactive ketones (excluding diaryl/α,β-unsaturated/α-hetero) is 1. The summed E-state index contributed by atoms with van der Waals surface area (Å²) in [5.41, 5.74) is 6.12. The number of nitrogens with two attached hydrogens (primary N) is 1. The average molecular weight is 447 g/mol. The third-order valence-electron chi connectivity index (χ3n) is 5.90. The number of ketones is 1. The van der Waals surface area contributed by atoms with E-state index in [-0.39, 0.29) is 36.3 Å². The van der Waals surface area contributed by atoms with Gasteiger partial charge in [0.1, 0.15) is 18.0 Å². The van der Waals surface area contributed by atoms with Gasteiger partial charge >= 0.3 is 6.09 Å². The molecule has 3 atom stereocenters. The van der Waals surface area contributed by atoms with Gasteiger partial charge in [-0.25, -0.2) is 9.18 Å². The average Bonchev–Trinajstić information content (AvgIpc) is 3.54. The van der Waals surface area contributed by atoms with Crippen LogP contribution in [0.1, 0.15) is 59.1 Å². The molecule has 1 aromatic carbocycles. The zero-order valence-electron chi connectivity index (χ0n) is 19.7. The van der Waals surface area contributed by atoms with E-state index in [0.717, 1.165) is 12.8 Å². The summed E-state index contributed by atoms with van der Waals surface area (Å²) in [4.78, 5) is 34.1. The van der Waals surface area contributed by atoms with Gasteiger partial charge in [0.15, 0.2) is 5.78 Å². The van der Waals surface area contributed by atoms with E-state index in [2.05, 4.69) is 9.89 Å². The van der Waals surface area contributed by atoms with Crippen LogP contribution in [0.25, 0.3) is 0 Å². The molecule has 1 unspecified atom stereocenters. The minimum absolute atomic E-state index is 0.0161. The van der Waals surface area contributed by atoms with Crippen LogP contribution in [0.5, 0.6) is 0 Å². The van der Waals surface area contributed by atoms with Gasteiger partial charge in [-0.05, 0) is 65.2 Å². The topological polar surface area (TPSA) is 88.2 Å². The van der Waals surface area contributed by atoms with E-state index in [0.29, 0.717) is 30.4 Å². The predicted molar refractivity (Wildman–Crippen MR) is 122 cm³/mol. The molecule has 176 valence electrons. The number of carbonyl (C=O) groups excluding carboxylic acids is 2. The Bertz CT molecular complexity index is 861. The van der Waals surface area contributed by atoms with E-state index >= 15 is 0 Å². The minimum atomic E-state index is -0.593. The van der Waals surface area contributed by atoms with E-state index in [4.69, 9.17) is 10.5 Å². The van der Waals surface area contributed by atoms with Crippen LogP contribution in [0.3, 0.4) is 0 Å². The van der Waals surface area contributed by atoms with Gasteiger partial charge < -0.3 is 15.4 Å².